The molecule has 12 aromatic rings. The highest BCUT2D eigenvalue weighted by Crippen LogP contribution is 2.34. The van der Waals surface area contributed by atoms with Gasteiger partial charge in [0.25, 0.3) is 0 Å². The topological polar surface area (TPSA) is 113 Å². The van der Waals surface area contributed by atoms with E-state index >= 15 is 0 Å². The number of hydrogen-bond donors (Lipinski definition) is 0. The van der Waals surface area contributed by atoms with Gasteiger partial charge < -0.3 is 0 Å². The van der Waals surface area contributed by atoms with Crippen molar-refractivity contribution in [2.75, 3.05) is 0 Å². The van der Waals surface area contributed by atoms with Crippen LogP contribution in [0, 0.1) is 13.8 Å². The third-order valence-electron chi connectivity index (χ3n) is 14.9. The van der Waals surface area contributed by atoms with Crippen LogP contribution in [0.15, 0.2) is 201 Å². The molecule has 6 heterocycles. The Kier molecular flexibility index (Phi) is 21.5. The zero-order chi connectivity index (χ0) is 54.1. The highest BCUT2D eigenvalue weighted by atomic mass is 15.1. The molecule has 3 unspecified atom stereocenters. The Bertz CT molecular complexity index is 3920. The van der Waals surface area contributed by atoms with E-state index in [2.05, 4.69) is 218 Å². The summed E-state index contributed by atoms with van der Waals surface area (Å²) < 4.78 is 4.30. The number of aryl methyl sites for hydroxylation is 2. The predicted octanol–water partition coefficient (Wildman–Crippen LogP) is 19.6. The van der Waals surface area contributed by atoms with Crippen molar-refractivity contribution in [1.29, 1.82) is 0 Å². The van der Waals surface area contributed by atoms with Crippen LogP contribution in [0.1, 0.15) is 136 Å². The van der Waals surface area contributed by atoms with E-state index in [4.69, 9.17) is 19.9 Å². The molecule has 0 spiro atoms. The maximum atomic E-state index is 4.90. The second kappa shape index (κ2) is 28.4. The molecular formula is C72H82N10. The van der Waals surface area contributed by atoms with Gasteiger partial charge in [-0.15, -0.1) is 0 Å². The van der Waals surface area contributed by atoms with Crippen molar-refractivity contribution >= 4 is 33.6 Å². The Morgan fingerprint density at radius 2 is 0.756 bits per heavy atom. The monoisotopic (exact) mass is 1090 g/mol. The van der Waals surface area contributed by atoms with Gasteiger partial charge in [0.15, 0.2) is 22.6 Å². The molecule has 0 fully saturated rings. The van der Waals surface area contributed by atoms with Gasteiger partial charge in [0, 0.05) is 52.7 Å². The molecule has 10 heteroatoms. The number of imidazole rings is 2. The van der Waals surface area contributed by atoms with Gasteiger partial charge in [0.05, 0.1) is 17.1 Å². The van der Waals surface area contributed by atoms with Crippen molar-refractivity contribution in [3.05, 3.63) is 229 Å². The molecule has 6 aromatic carbocycles. The Balaban J connectivity index is 0.000000193. The minimum Gasteiger partial charge on any atom is -0.277 e. The standard InChI is InChI=1S/C23H22N4.C23H23N3.C22H21N3.4CH4/c1-4-16(3)17-9-11-19(12-10-17)21-20(18-7-5-15(2)6-8-18)26-22-23(27-21)25-14-13-24-22;1-4-16(2)18-11-13-19(14-12-18)22-25-20-9-7-15-24-23(20)26(22)21-10-6-5-8-17(21)3;1-3-16(2)17-11-13-18(14-12-17)21-24-20-10-7-15-23-22(20)25(21)19-8-5-4-6-9-19;;;;/h5-14,16H,4H2,1-3H3;5-16H,4H2,1-3H3;4-16H,3H2,1-2H3;4*1H4. The van der Waals surface area contributed by atoms with Crippen molar-refractivity contribution in [1.82, 2.24) is 49.0 Å². The Morgan fingerprint density at radius 1 is 0.366 bits per heavy atom. The van der Waals surface area contributed by atoms with E-state index in [1.54, 1.807) is 12.4 Å². The summed E-state index contributed by atoms with van der Waals surface area (Å²) in [5.41, 5.74) is 19.4. The molecule has 3 atom stereocenters. The summed E-state index contributed by atoms with van der Waals surface area (Å²) >= 11 is 0. The van der Waals surface area contributed by atoms with Crippen LogP contribution in [0.5, 0.6) is 0 Å². The third-order valence-corrected chi connectivity index (χ3v) is 14.9. The Labute approximate surface area is 487 Å². The normalized spacial score (nSPS) is 11.8. The van der Waals surface area contributed by atoms with Crippen LogP contribution in [0.4, 0.5) is 0 Å². The molecule has 0 bridgehead atoms. The van der Waals surface area contributed by atoms with E-state index < -0.39 is 0 Å². The van der Waals surface area contributed by atoms with Gasteiger partial charge >= 0.3 is 0 Å². The molecule has 0 aliphatic carbocycles. The van der Waals surface area contributed by atoms with Crippen molar-refractivity contribution in [3.8, 4) is 56.7 Å². The zero-order valence-corrected chi connectivity index (χ0v) is 45.9. The molecule has 420 valence electrons. The van der Waals surface area contributed by atoms with Gasteiger partial charge in [-0.3, -0.25) is 9.13 Å². The van der Waals surface area contributed by atoms with E-state index in [0.29, 0.717) is 29.0 Å². The molecule has 82 heavy (non-hydrogen) atoms. The second-order valence-corrected chi connectivity index (χ2v) is 20.1. The summed E-state index contributed by atoms with van der Waals surface area (Å²) in [6.45, 7) is 17.6. The molecule has 0 amide bonds. The minimum absolute atomic E-state index is 0. The number of fused-ring (bicyclic) bond motifs is 3. The van der Waals surface area contributed by atoms with E-state index in [-0.39, 0.29) is 29.7 Å². The Hall–Kier alpha value is -9.02. The van der Waals surface area contributed by atoms with Gasteiger partial charge in [-0.25, -0.2) is 39.9 Å². The predicted molar refractivity (Wildman–Crippen MR) is 347 cm³/mol. The summed E-state index contributed by atoms with van der Waals surface area (Å²) in [5, 5.41) is 0. The lowest BCUT2D eigenvalue weighted by Gasteiger charge is -2.13. The molecule has 0 aliphatic rings. The molecular weight excluding hydrogens is 1000 g/mol. The fourth-order valence-electron chi connectivity index (χ4n) is 9.59. The number of benzene rings is 6. The summed E-state index contributed by atoms with van der Waals surface area (Å²) in [6, 6.07) is 61.1. The van der Waals surface area contributed by atoms with Gasteiger partial charge in [0.2, 0.25) is 0 Å². The molecule has 0 N–H and O–H groups in total. The molecule has 12 rings (SSSR count). The van der Waals surface area contributed by atoms with Gasteiger partial charge in [0.1, 0.15) is 22.7 Å². The summed E-state index contributed by atoms with van der Waals surface area (Å²) in [5.74, 6) is 3.55. The van der Waals surface area contributed by atoms with Gasteiger partial charge in [-0.1, -0.05) is 210 Å². The third kappa shape index (κ3) is 13.4. The first-order chi connectivity index (χ1) is 38.1. The number of nitrogens with zero attached hydrogens (tertiary/aromatic N) is 10. The van der Waals surface area contributed by atoms with Crippen LogP contribution in [0.3, 0.4) is 0 Å². The van der Waals surface area contributed by atoms with Crippen LogP contribution in [0.25, 0.3) is 90.3 Å². The lowest BCUT2D eigenvalue weighted by molar-refractivity contribution is 0.734. The van der Waals surface area contributed by atoms with E-state index in [0.717, 1.165) is 98.3 Å². The minimum atomic E-state index is 0. The fraction of sp³-hybridized carbons (Fsp3) is 0.250. The van der Waals surface area contributed by atoms with Crippen molar-refractivity contribution in [2.24, 2.45) is 0 Å². The highest BCUT2D eigenvalue weighted by molar-refractivity contribution is 5.84. The summed E-state index contributed by atoms with van der Waals surface area (Å²) in [6.07, 6.45) is 10.4. The van der Waals surface area contributed by atoms with Crippen molar-refractivity contribution in [3.63, 3.8) is 0 Å². The average molecular weight is 1090 g/mol. The van der Waals surface area contributed by atoms with Crippen molar-refractivity contribution < 1.29 is 0 Å². The SMILES string of the molecule is C.C.C.C.CCC(C)c1ccc(-c2nc3cccnc3n2-c2ccccc2)cc1.CCC(C)c1ccc(-c2nc3cccnc3n2-c2ccccc2C)cc1.CCC(C)c1ccc(-c2nc3nccnc3nc2-c2ccc(C)cc2)cc1. The maximum Gasteiger partial charge on any atom is 0.198 e. The first-order valence-corrected chi connectivity index (χ1v) is 27.3. The Morgan fingerprint density at radius 3 is 1.20 bits per heavy atom. The lowest BCUT2D eigenvalue weighted by Crippen LogP contribution is -2.01. The van der Waals surface area contributed by atoms with Crippen LogP contribution >= 0.6 is 0 Å². The second-order valence-electron chi connectivity index (χ2n) is 20.1. The van der Waals surface area contributed by atoms with Crippen LogP contribution in [0.2, 0.25) is 0 Å². The first-order valence-electron chi connectivity index (χ1n) is 27.3. The largest absolute Gasteiger partial charge is 0.277 e. The van der Waals surface area contributed by atoms with Crippen molar-refractivity contribution in [2.45, 2.75) is 122 Å². The van der Waals surface area contributed by atoms with E-state index in [9.17, 15) is 0 Å². The zero-order valence-electron chi connectivity index (χ0n) is 45.9. The van der Waals surface area contributed by atoms with Crippen LogP contribution < -0.4 is 0 Å². The summed E-state index contributed by atoms with van der Waals surface area (Å²) in [7, 11) is 0. The molecule has 10 nitrogen and oxygen atoms in total. The van der Waals surface area contributed by atoms with E-state index in [1.165, 1.54) is 27.8 Å². The lowest BCUT2D eigenvalue weighted by atomic mass is 9.96. The highest BCUT2D eigenvalue weighted by Gasteiger charge is 2.19. The number of rotatable bonds is 12. The van der Waals surface area contributed by atoms with Crippen LogP contribution in [-0.2, 0) is 0 Å². The van der Waals surface area contributed by atoms with Gasteiger partial charge in [-0.2, -0.15) is 0 Å². The maximum absolute atomic E-state index is 4.90. The smallest absolute Gasteiger partial charge is 0.198 e. The van der Waals surface area contributed by atoms with E-state index in [1.807, 2.05) is 54.9 Å². The number of pyridine rings is 2. The fourth-order valence-corrected chi connectivity index (χ4v) is 9.59. The quantitative estimate of drug-likeness (QED) is 0.119. The number of aromatic nitrogens is 10. The number of hydrogen-bond acceptors (Lipinski definition) is 8. The molecule has 0 saturated carbocycles. The summed E-state index contributed by atoms with van der Waals surface area (Å²) in [4.78, 5) is 37.2. The number of para-hydroxylation sites is 2. The molecule has 0 radical (unpaired) electrons. The molecule has 6 aromatic heterocycles. The first kappa shape index (κ1) is 62.2. The van der Waals surface area contributed by atoms with Gasteiger partial charge in [-0.05, 0) is 116 Å². The molecule has 0 saturated heterocycles. The average Bonchev–Trinajstić information content (AvgIpc) is 3.92. The molecule has 0 aliphatic heterocycles. The van der Waals surface area contributed by atoms with Crippen LogP contribution in [-0.4, -0.2) is 49.0 Å².